The fourth-order valence-corrected chi connectivity index (χ4v) is 1.92. The lowest BCUT2D eigenvalue weighted by Gasteiger charge is -2.04. The van der Waals surface area contributed by atoms with Gasteiger partial charge in [0.05, 0.1) is 5.56 Å². The first kappa shape index (κ1) is 11.9. The van der Waals surface area contributed by atoms with Gasteiger partial charge < -0.3 is 9.15 Å². The summed E-state index contributed by atoms with van der Waals surface area (Å²) in [4.78, 5) is 15.9. The number of aromatic nitrogens is 1. The maximum atomic E-state index is 11.9. The average molecular weight is 318 g/mol. The third-order valence-electron chi connectivity index (χ3n) is 2.59. The molecule has 0 atom stereocenters. The van der Waals surface area contributed by atoms with E-state index in [1.54, 1.807) is 42.5 Å². The summed E-state index contributed by atoms with van der Waals surface area (Å²) in [6, 6.07) is 12.0. The molecule has 1 heterocycles. The van der Waals surface area contributed by atoms with E-state index in [0.717, 1.165) is 4.47 Å². The van der Waals surface area contributed by atoms with Crippen LogP contribution in [0.1, 0.15) is 10.4 Å². The van der Waals surface area contributed by atoms with Crippen LogP contribution in [-0.4, -0.2) is 11.0 Å². The zero-order chi connectivity index (χ0) is 13.2. The SMILES string of the molecule is O=C(Oc1ccc2ocnc2c1)c1ccc(Br)cc1. The van der Waals surface area contributed by atoms with Crippen molar-refractivity contribution in [1.82, 2.24) is 4.98 Å². The van der Waals surface area contributed by atoms with Gasteiger partial charge in [-0.2, -0.15) is 0 Å². The number of halogens is 1. The smallest absolute Gasteiger partial charge is 0.343 e. The molecule has 0 fully saturated rings. The number of benzene rings is 2. The van der Waals surface area contributed by atoms with Gasteiger partial charge in [-0.3, -0.25) is 0 Å². The number of oxazole rings is 1. The molecule has 94 valence electrons. The molecule has 19 heavy (non-hydrogen) atoms. The number of fused-ring (bicyclic) bond motifs is 1. The van der Waals surface area contributed by atoms with Gasteiger partial charge in [-0.05, 0) is 36.4 Å². The first-order valence-corrected chi connectivity index (χ1v) is 6.33. The molecule has 0 unspecified atom stereocenters. The van der Waals surface area contributed by atoms with Gasteiger partial charge in [-0.15, -0.1) is 0 Å². The average Bonchev–Trinajstić information content (AvgIpc) is 2.87. The molecular formula is C14H8BrNO3. The number of nitrogens with zero attached hydrogens (tertiary/aromatic N) is 1. The topological polar surface area (TPSA) is 52.3 Å². The van der Waals surface area contributed by atoms with Crippen LogP contribution in [0.3, 0.4) is 0 Å². The van der Waals surface area contributed by atoms with Crippen LogP contribution < -0.4 is 4.74 Å². The van der Waals surface area contributed by atoms with Crippen molar-refractivity contribution in [3.05, 3.63) is 58.9 Å². The monoisotopic (exact) mass is 317 g/mol. The van der Waals surface area contributed by atoms with Crippen LogP contribution in [0.2, 0.25) is 0 Å². The molecule has 0 aliphatic rings. The third-order valence-corrected chi connectivity index (χ3v) is 3.12. The van der Waals surface area contributed by atoms with Crippen molar-refractivity contribution in [3.63, 3.8) is 0 Å². The summed E-state index contributed by atoms with van der Waals surface area (Å²) < 4.78 is 11.3. The Morgan fingerprint density at radius 2 is 1.95 bits per heavy atom. The van der Waals surface area contributed by atoms with Crippen LogP contribution in [0.15, 0.2) is 57.7 Å². The highest BCUT2D eigenvalue weighted by molar-refractivity contribution is 9.10. The van der Waals surface area contributed by atoms with Gasteiger partial charge in [0.15, 0.2) is 12.0 Å². The standard InChI is InChI=1S/C14H8BrNO3/c15-10-3-1-9(2-4-10)14(17)19-11-5-6-13-12(7-11)16-8-18-13/h1-8H. The fraction of sp³-hybridized carbons (Fsp3) is 0. The molecule has 3 aromatic rings. The number of ether oxygens (including phenoxy) is 1. The zero-order valence-electron chi connectivity index (χ0n) is 9.67. The molecule has 0 saturated carbocycles. The molecule has 1 aromatic heterocycles. The van der Waals surface area contributed by atoms with Crippen LogP contribution >= 0.6 is 15.9 Å². The lowest BCUT2D eigenvalue weighted by molar-refractivity contribution is 0.0735. The predicted molar refractivity (Wildman–Crippen MR) is 73.1 cm³/mol. The van der Waals surface area contributed by atoms with E-state index in [9.17, 15) is 4.79 Å². The highest BCUT2D eigenvalue weighted by atomic mass is 79.9. The molecule has 0 aliphatic heterocycles. The van der Waals surface area contributed by atoms with E-state index in [4.69, 9.17) is 9.15 Å². The number of esters is 1. The number of hydrogen-bond acceptors (Lipinski definition) is 4. The minimum absolute atomic E-state index is 0.407. The predicted octanol–water partition coefficient (Wildman–Crippen LogP) is 3.81. The summed E-state index contributed by atoms with van der Waals surface area (Å²) in [5, 5.41) is 0. The Bertz CT molecular complexity index is 734. The van der Waals surface area contributed by atoms with Crippen LogP contribution in [0, 0.1) is 0 Å². The maximum absolute atomic E-state index is 11.9. The van der Waals surface area contributed by atoms with E-state index in [2.05, 4.69) is 20.9 Å². The lowest BCUT2D eigenvalue weighted by atomic mass is 10.2. The minimum Gasteiger partial charge on any atom is -0.443 e. The van der Waals surface area contributed by atoms with E-state index in [1.165, 1.54) is 6.39 Å². The van der Waals surface area contributed by atoms with Crippen LogP contribution in [0.5, 0.6) is 5.75 Å². The first-order chi connectivity index (χ1) is 9.22. The van der Waals surface area contributed by atoms with Gasteiger partial charge in [0.25, 0.3) is 0 Å². The van der Waals surface area contributed by atoms with Crippen molar-refractivity contribution >= 4 is 33.0 Å². The summed E-state index contributed by atoms with van der Waals surface area (Å²) in [6.45, 7) is 0. The van der Waals surface area contributed by atoms with E-state index in [0.29, 0.717) is 22.4 Å². The Kier molecular flexibility index (Phi) is 3.05. The Balaban J connectivity index is 1.83. The number of rotatable bonds is 2. The van der Waals surface area contributed by atoms with Crippen molar-refractivity contribution in [3.8, 4) is 5.75 Å². The molecular weight excluding hydrogens is 310 g/mol. The molecule has 0 bridgehead atoms. The second-order valence-electron chi connectivity index (χ2n) is 3.88. The summed E-state index contributed by atoms with van der Waals surface area (Å²) in [6.07, 6.45) is 1.35. The summed E-state index contributed by atoms with van der Waals surface area (Å²) in [5.74, 6) is 0.0321. The number of carbonyl (C=O) groups is 1. The highest BCUT2D eigenvalue weighted by Gasteiger charge is 2.09. The number of carbonyl (C=O) groups excluding carboxylic acids is 1. The van der Waals surface area contributed by atoms with Gasteiger partial charge in [0, 0.05) is 10.5 Å². The Morgan fingerprint density at radius 3 is 2.74 bits per heavy atom. The first-order valence-electron chi connectivity index (χ1n) is 5.53. The van der Waals surface area contributed by atoms with Crippen LogP contribution in [0.25, 0.3) is 11.1 Å². The Morgan fingerprint density at radius 1 is 1.16 bits per heavy atom. The van der Waals surface area contributed by atoms with Crippen molar-refractivity contribution in [2.75, 3.05) is 0 Å². The van der Waals surface area contributed by atoms with Gasteiger partial charge in [0.1, 0.15) is 11.3 Å². The normalized spacial score (nSPS) is 10.6. The molecule has 0 radical (unpaired) electrons. The largest absolute Gasteiger partial charge is 0.443 e. The van der Waals surface area contributed by atoms with Crippen molar-refractivity contribution in [2.45, 2.75) is 0 Å². The van der Waals surface area contributed by atoms with Crippen molar-refractivity contribution in [1.29, 1.82) is 0 Å². The van der Waals surface area contributed by atoms with Crippen molar-refractivity contribution < 1.29 is 13.9 Å². The molecule has 0 spiro atoms. The molecule has 2 aromatic carbocycles. The van der Waals surface area contributed by atoms with Crippen LogP contribution in [-0.2, 0) is 0 Å². The molecule has 0 aliphatic carbocycles. The molecule has 0 N–H and O–H groups in total. The Hall–Kier alpha value is -2.14. The van der Waals surface area contributed by atoms with E-state index in [1.807, 2.05) is 0 Å². The maximum Gasteiger partial charge on any atom is 0.343 e. The van der Waals surface area contributed by atoms with Gasteiger partial charge in [-0.1, -0.05) is 15.9 Å². The second kappa shape index (κ2) is 4.85. The van der Waals surface area contributed by atoms with E-state index in [-0.39, 0.29) is 0 Å². The molecule has 0 amide bonds. The molecule has 4 nitrogen and oxygen atoms in total. The van der Waals surface area contributed by atoms with Gasteiger partial charge in [0.2, 0.25) is 0 Å². The fourth-order valence-electron chi connectivity index (χ4n) is 1.65. The molecule has 0 saturated heterocycles. The second-order valence-corrected chi connectivity index (χ2v) is 4.79. The van der Waals surface area contributed by atoms with E-state index >= 15 is 0 Å². The van der Waals surface area contributed by atoms with E-state index < -0.39 is 5.97 Å². The van der Waals surface area contributed by atoms with Crippen LogP contribution in [0.4, 0.5) is 0 Å². The Labute approximate surface area is 117 Å². The van der Waals surface area contributed by atoms with Crippen molar-refractivity contribution in [2.24, 2.45) is 0 Å². The van der Waals surface area contributed by atoms with Gasteiger partial charge in [-0.25, -0.2) is 9.78 Å². The quantitative estimate of drug-likeness (QED) is 0.532. The molecule has 5 heteroatoms. The zero-order valence-corrected chi connectivity index (χ0v) is 11.3. The third kappa shape index (κ3) is 2.51. The van der Waals surface area contributed by atoms with Gasteiger partial charge >= 0.3 is 5.97 Å². The lowest BCUT2D eigenvalue weighted by Crippen LogP contribution is -2.08. The minimum atomic E-state index is -0.407. The summed E-state index contributed by atoms with van der Waals surface area (Å²) in [7, 11) is 0. The molecule has 3 rings (SSSR count). The summed E-state index contributed by atoms with van der Waals surface area (Å²) in [5.41, 5.74) is 1.80. The highest BCUT2D eigenvalue weighted by Crippen LogP contribution is 2.20. The number of hydrogen-bond donors (Lipinski definition) is 0. The summed E-state index contributed by atoms with van der Waals surface area (Å²) >= 11 is 3.31.